The molecule has 0 amide bonds. The van der Waals surface area contributed by atoms with Gasteiger partial charge in [-0.05, 0) is 43.2 Å². The number of nitrogens with zero attached hydrogens (tertiary/aromatic N) is 4. The molecule has 1 unspecified atom stereocenters. The summed E-state index contributed by atoms with van der Waals surface area (Å²) in [6.45, 7) is 1.51. The molecule has 3 aromatic rings. The number of allylic oxidation sites excluding steroid dienone is 2. The molecule has 1 fully saturated rings. The molecule has 0 saturated carbocycles. The summed E-state index contributed by atoms with van der Waals surface area (Å²) in [6, 6.07) is 1.86. The normalized spacial score (nSPS) is 20.8. The van der Waals surface area contributed by atoms with E-state index in [-0.39, 0.29) is 12.1 Å². The average Bonchev–Trinajstić information content (AvgIpc) is 3.31. The summed E-state index contributed by atoms with van der Waals surface area (Å²) in [5, 5.41) is 9.52. The lowest BCUT2D eigenvalue weighted by atomic mass is 9.87. The third-order valence-electron chi connectivity index (χ3n) is 6.10. The molecule has 1 aliphatic heterocycles. The summed E-state index contributed by atoms with van der Waals surface area (Å²) in [5.41, 5.74) is 1.87. The van der Waals surface area contributed by atoms with E-state index >= 15 is 0 Å². The summed E-state index contributed by atoms with van der Waals surface area (Å²) >= 11 is 1.35. The van der Waals surface area contributed by atoms with Crippen molar-refractivity contribution in [2.75, 3.05) is 13.7 Å². The van der Waals surface area contributed by atoms with Gasteiger partial charge in [-0.15, -0.1) is 11.3 Å². The van der Waals surface area contributed by atoms with Crippen molar-refractivity contribution in [2.24, 2.45) is 5.92 Å². The predicted octanol–water partition coefficient (Wildman–Crippen LogP) is 3.73. The molecule has 2 atom stereocenters. The molecule has 3 aromatic heterocycles. The first-order chi connectivity index (χ1) is 15.5. The highest BCUT2D eigenvalue weighted by Gasteiger charge is 2.26. The highest BCUT2D eigenvalue weighted by atomic mass is 32.1. The van der Waals surface area contributed by atoms with Crippen molar-refractivity contribution in [1.29, 1.82) is 0 Å². The van der Waals surface area contributed by atoms with Gasteiger partial charge in [-0.2, -0.15) is 9.37 Å². The third-order valence-corrected chi connectivity index (χ3v) is 7.09. The summed E-state index contributed by atoms with van der Waals surface area (Å²) in [6.07, 6.45) is 7.57. The molecule has 0 bridgehead atoms. The molecule has 32 heavy (non-hydrogen) atoms. The highest BCUT2D eigenvalue weighted by molar-refractivity contribution is 7.20. The molecule has 1 aliphatic carbocycles. The number of carbonyl (C=O) groups excluding carboxylic acids is 1. The minimum absolute atomic E-state index is 0.175. The fraction of sp³-hybridized carbons (Fsp3) is 0.455. The van der Waals surface area contributed by atoms with Gasteiger partial charge in [-0.25, -0.2) is 14.8 Å². The van der Waals surface area contributed by atoms with Crippen molar-refractivity contribution in [1.82, 2.24) is 19.5 Å². The van der Waals surface area contributed by atoms with Crippen LogP contribution in [-0.2, 0) is 22.4 Å². The van der Waals surface area contributed by atoms with Crippen molar-refractivity contribution in [3.63, 3.8) is 0 Å². The number of imidazole rings is 1. The Morgan fingerprint density at radius 1 is 1.41 bits per heavy atom. The zero-order valence-electron chi connectivity index (χ0n) is 17.6. The van der Waals surface area contributed by atoms with E-state index in [4.69, 9.17) is 14.5 Å². The second kappa shape index (κ2) is 8.59. The molecule has 168 valence electrons. The van der Waals surface area contributed by atoms with Crippen molar-refractivity contribution >= 4 is 33.2 Å². The van der Waals surface area contributed by atoms with Gasteiger partial charge in [0.15, 0.2) is 5.82 Å². The van der Waals surface area contributed by atoms with Crippen molar-refractivity contribution in [2.45, 2.75) is 44.8 Å². The monoisotopic (exact) mass is 458 g/mol. The van der Waals surface area contributed by atoms with Gasteiger partial charge in [0.05, 0.1) is 31.5 Å². The van der Waals surface area contributed by atoms with Gasteiger partial charge < -0.3 is 19.1 Å². The topological polar surface area (TPSA) is 99.4 Å². The van der Waals surface area contributed by atoms with Crippen LogP contribution in [0.5, 0.6) is 5.88 Å². The van der Waals surface area contributed by atoms with E-state index in [0.29, 0.717) is 16.6 Å². The van der Waals surface area contributed by atoms with E-state index in [1.807, 2.05) is 6.07 Å². The van der Waals surface area contributed by atoms with Gasteiger partial charge in [0, 0.05) is 13.0 Å². The third kappa shape index (κ3) is 4.00. The van der Waals surface area contributed by atoms with Crippen LogP contribution in [0.15, 0.2) is 18.3 Å². The SMILES string of the molecule is COC(=O)c1cc2c(nc(CC3CC=C(c4ncc(F)c(O)n4)CC3)n2C[C@@H]2CCO2)s1. The number of hydrogen-bond acceptors (Lipinski definition) is 8. The van der Waals surface area contributed by atoms with Crippen LogP contribution in [0.4, 0.5) is 4.39 Å². The molecule has 2 aliphatic rings. The number of esters is 1. The summed E-state index contributed by atoms with van der Waals surface area (Å²) in [4.78, 5) is 26.0. The number of aromatic nitrogens is 4. The van der Waals surface area contributed by atoms with E-state index in [1.54, 1.807) is 0 Å². The zero-order valence-corrected chi connectivity index (χ0v) is 18.4. The van der Waals surface area contributed by atoms with Crippen LogP contribution in [-0.4, -0.2) is 50.4 Å². The number of methoxy groups -OCH3 is 1. The highest BCUT2D eigenvalue weighted by Crippen LogP contribution is 2.34. The van der Waals surface area contributed by atoms with E-state index in [1.165, 1.54) is 18.4 Å². The zero-order chi connectivity index (χ0) is 22.2. The number of carbonyl (C=O) groups is 1. The standard InChI is InChI=1S/C22H23FN4O4S/c1-30-22(29)17-9-16-21(32-17)25-18(27(16)11-14-6-7-31-14)8-12-2-4-13(5-3-12)19-24-10-15(23)20(28)26-19/h4,9-10,12,14H,2-3,5-8,11H2,1H3,(H,24,26,28)/t12?,14-/m0/s1. The molecule has 1 N–H and O–H groups in total. The average molecular weight is 459 g/mol. The van der Waals surface area contributed by atoms with Gasteiger partial charge in [0.1, 0.15) is 15.5 Å². The van der Waals surface area contributed by atoms with Crippen molar-refractivity contribution in [3.8, 4) is 5.88 Å². The fourth-order valence-corrected chi connectivity index (χ4v) is 5.17. The minimum Gasteiger partial charge on any atom is -0.491 e. The molecule has 0 spiro atoms. The van der Waals surface area contributed by atoms with Gasteiger partial charge in [-0.1, -0.05) is 6.08 Å². The largest absolute Gasteiger partial charge is 0.491 e. The molecule has 0 radical (unpaired) electrons. The molecule has 10 heteroatoms. The van der Waals surface area contributed by atoms with E-state index < -0.39 is 11.7 Å². The lowest BCUT2D eigenvalue weighted by Gasteiger charge is -2.28. The Morgan fingerprint density at radius 2 is 2.25 bits per heavy atom. The van der Waals surface area contributed by atoms with Gasteiger partial charge >= 0.3 is 5.97 Å². The van der Waals surface area contributed by atoms with Gasteiger partial charge in [-0.3, -0.25) is 0 Å². The van der Waals surface area contributed by atoms with Crippen LogP contribution in [0.25, 0.3) is 15.9 Å². The Bertz CT molecular complexity index is 1200. The van der Waals surface area contributed by atoms with E-state index in [0.717, 1.165) is 73.2 Å². The molecule has 8 nitrogen and oxygen atoms in total. The Hall–Kier alpha value is -2.85. The number of hydrogen-bond donors (Lipinski definition) is 1. The van der Waals surface area contributed by atoms with Crippen molar-refractivity contribution in [3.05, 3.63) is 40.7 Å². The maximum atomic E-state index is 13.2. The van der Waals surface area contributed by atoms with Crippen LogP contribution >= 0.6 is 11.3 Å². The van der Waals surface area contributed by atoms with Crippen LogP contribution in [0.1, 0.15) is 47.0 Å². The van der Waals surface area contributed by atoms with Crippen LogP contribution in [0.3, 0.4) is 0 Å². The van der Waals surface area contributed by atoms with Crippen molar-refractivity contribution < 1.29 is 23.8 Å². The van der Waals surface area contributed by atoms with E-state index in [9.17, 15) is 14.3 Å². The van der Waals surface area contributed by atoms with Crippen LogP contribution < -0.4 is 0 Å². The summed E-state index contributed by atoms with van der Waals surface area (Å²) < 4.78 is 25.9. The summed E-state index contributed by atoms with van der Waals surface area (Å²) in [5.74, 6) is -0.0201. The Morgan fingerprint density at radius 3 is 2.91 bits per heavy atom. The summed E-state index contributed by atoms with van der Waals surface area (Å²) in [7, 11) is 1.38. The first-order valence-electron chi connectivity index (χ1n) is 10.6. The Labute approximate surface area is 187 Å². The molecule has 1 saturated heterocycles. The predicted molar refractivity (Wildman–Crippen MR) is 116 cm³/mol. The number of ether oxygens (including phenoxy) is 2. The van der Waals surface area contributed by atoms with Gasteiger partial charge in [0.25, 0.3) is 5.88 Å². The number of halogens is 1. The number of thiophene rings is 1. The molecule has 5 rings (SSSR count). The quantitative estimate of drug-likeness (QED) is 0.562. The maximum absolute atomic E-state index is 13.2. The maximum Gasteiger partial charge on any atom is 0.348 e. The fourth-order valence-electron chi connectivity index (χ4n) is 4.20. The molecular weight excluding hydrogens is 435 g/mol. The number of rotatable bonds is 6. The van der Waals surface area contributed by atoms with Gasteiger partial charge in [0.2, 0.25) is 5.82 Å². The van der Waals surface area contributed by atoms with Crippen LogP contribution in [0.2, 0.25) is 0 Å². The Kier molecular flexibility index (Phi) is 5.64. The molecule has 0 aromatic carbocycles. The Balaban J connectivity index is 1.35. The van der Waals surface area contributed by atoms with E-state index in [2.05, 4.69) is 20.6 Å². The molecule has 4 heterocycles. The first-order valence-corrected chi connectivity index (χ1v) is 11.4. The number of fused-ring (bicyclic) bond motifs is 1. The van der Waals surface area contributed by atoms with Crippen LogP contribution in [0, 0.1) is 11.7 Å². The second-order valence-electron chi connectivity index (χ2n) is 8.15. The first kappa shape index (κ1) is 21.0. The lowest BCUT2D eigenvalue weighted by Crippen LogP contribution is -2.32. The molecular formula is C22H23FN4O4S. The lowest BCUT2D eigenvalue weighted by molar-refractivity contribution is -0.0590. The second-order valence-corrected chi connectivity index (χ2v) is 9.18. The number of aromatic hydroxyl groups is 1. The smallest absolute Gasteiger partial charge is 0.348 e. The minimum atomic E-state index is -0.819.